The van der Waals surface area contributed by atoms with Crippen molar-refractivity contribution in [1.29, 1.82) is 0 Å². The van der Waals surface area contributed by atoms with Gasteiger partial charge in [-0.25, -0.2) is 8.42 Å². The number of hydrogen-bond donors (Lipinski definition) is 2. The van der Waals surface area contributed by atoms with Crippen LogP contribution in [0.15, 0.2) is 53.4 Å². The Morgan fingerprint density at radius 1 is 1.04 bits per heavy atom. The summed E-state index contributed by atoms with van der Waals surface area (Å²) in [7, 11) is -3.64. The van der Waals surface area contributed by atoms with Gasteiger partial charge in [-0.2, -0.15) is 4.31 Å². The Hall–Kier alpha value is -2.42. The van der Waals surface area contributed by atoms with E-state index < -0.39 is 10.0 Å². The van der Waals surface area contributed by atoms with E-state index in [1.54, 1.807) is 12.1 Å². The Morgan fingerprint density at radius 3 is 2.15 bits per heavy atom. The molecule has 0 unspecified atom stereocenters. The Kier molecular flexibility index (Phi) is 5.50. The van der Waals surface area contributed by atoms with Gasteiger partial charge in [-0.1, -0.05) is 0 Å². The van der Waals surface area contributed by atoms with E-state index in [0.717, 1.165) is 0 Å². The fraction of sp³-hybridized carbons (Fsp3) is 0.316. The van der Waals surface area contributed by atoms with Crippen LogP contribution in [-0.2, 0) is 14.8 Å². The van der Waals surface area contributed by atoms with E-state index in [0.29, 0.717) is 24.3 Å². The quantitative estimate of drug-likeness (QED) is 0.782. The molecule has 0 aromatic heterocycles. The third-order valence-corrected chi connectivity index (χ3v) is 6.11. The Labute approximate surface area is 158 Å². The molecule has 0 bridgehead atoms. The number of nitrogens with one attached hydrogen (secondary N) is 1. The SMILES string of the molecule is C[C@H]1CN(S(=O)(=O)c2ccc(C(=O)Nc3ccc(O)cc3)cc2)C[C@H](C)O1. The maximum absolute atomic E-state index is 12.8. The summed E-state index contributed by atoms with van der Waals surface area (Å²) < 4.78 is 32.7. The summed E-state index contributed by atoms with van der Waals surface area (Å²) in [6, 6.07) is 11.9. The number of phenols is 1. The van der Waals surface area contributed by atoms with Crippen LogP contribution in [0.1, 0.15) is 24.2 Å². The summed E-state index contributed by atoms with van der Waals surface area (Å²) in [5.41, 5.74) is 0.872. The highest BCUT2D eigenvalue weighted by atomic mass is 32.2. The van der Waals surface area contributed by atoms with E-state index in [2.05, 4.69) is 5.32 Å². The fourth-order valence-corrected chi connectivity index (χ4v) is 4.59. The number of rotatable bonds is 4. The number of carbonyl (C=O) groups is 1. The molecule has 144 valence electrons. The van der Waals surface area contributed by atoms with Crippen LogP contribution in [0.3, 0.4) is 0 Å². The molecule has 2 aromatic rings. The lowest BCUT2D eigenvalue weighted by Crippen LogP contribution is -2.48. The molecular weight excluding hydrogens is 368 g/mol. The highest BCUT2D eigenvalue weighted by Gasteiger charge is 2.32. The predicted octanol–water partition coefficient (Wildman–Crippen LogP) is 2.44. The van der Waals surface area contributed by atoms with Gasteiger partial charge in [-0.15, -0.1) is 0 Å². The molecule has 0 aliphatic carbocycles. The molecular formula is C19H22N2O5S. The molecule has 1 aliphatic heterocycles. The zero-order chi connectivity index (χ0) is 19.6. The minimum Gasteiger partial charge on any atom is -0.508 e. The van der Waals surface area contributed by atoms with Gasteiger partial charge in [-0.05, 0) is 62.4 Å². The zero-order valence-corrected chi connectivity index (χ0v) is 15.9. The average molecular weight is 390 g/mol. The molecule has 27 heavy (non-hydrogen) atoms. The van der Waals surface area contributed by atoms with E-state index >= 15 is 0 Å². The summed E-state index contributed by atoms with van der Waals surface area (Å²) in [5, 5.41) is 12.0. The lowest BCUT2D eigenvalue weighted by atomic mass is 10.2. The molecule has 1 amide bonds. The molecule has 0 radical (unpaired) electrons. The maximum atomic E-state index is 12.8. The molecule has 7 nitrogen and oxygen atoms in total. The van der Waals surface area contributed by atoms with Crippen molar-refractivity contribution in [3.05, 3.63) is 54.1 Å². The number of anilines is 1. The lowest BCUT2D eigenvalue weighted by molar-refractivity contribution is -0.0440. The number of benzene rings is 2. The van der Waals surface area contributed by atoms with Crippen molar-refractivity contribution in [1.82, 2.24) is 4.31 Å². The predicted molar refractivity (Wildman–Crippen MR) is 101 cm³/mol. The number of amides is 1. The maximum Gasteiger partial charge on any atom is 0.255 e. The van der Waals surface area contributed by atoms with Crippen LogP contribution < -0.4 is 5.32 Å². The van der Waals surface area contributed by atoms with Gasteiger partial charge in [-0.3, -0.25) is 4.79 Å². The molecule has 0 saturated carbocycles. The first-order valence-electron chi connectivity index (χ1n) is 8.62. The van der Waals surface area contributed by atoms with Crippen LogP contribution in [0.4, 0.5) is 5.69 Å². The number of carbonyl (C=O) groups excluding carboxylic acids is 1. The topological polar surface area (TPSA) is 95.9 Å². The van der Waals surface area contributed by atoms with Crippen LogP contribution in [0.2, 0.25) is 0 Å². The van der Waals surface area contributed by atoms with Crippen molar-refractivity contribution in [3.63, 3.8) is 0 Å². The van der Waals surface area contributed by atoms with Gasteiger partial charge in [0.15, 0.2) is 0 Å². The van der Waals surface area contributed by atoms with E-state index in [1.807, 2.05) is 13.8 Å². The van der Waals surface area contributed by atoms with Gasteiger partial charge < -0.3 is 15.2 Å². The van der Waals surface area contributed by atoms with Gasteiger partial charge in [0.25, 0.3) is 5.91 Å². The Balaban J connectivity index is 1.74. The molecule has 1 saturated heterocycles. The van der Waals surface area contributed by atoms with Crippen LogP contribution in [0.25, 0.3) is 0 Å². The molecule has 2 aromatic carbocycles. The second kappa shape index (κ2) is 7.67. The second-order valence-electron chi connectivity index (χ2n) is 6.60. The Bertz CT molecular complexity index is 900. The van der Waals surface area contributed by atoms with Gasteiger partial charge in [0, 0.05) is 24.3 Å². The van der Waals surface area contributed by atoms with E-state index in [4.69, 9.17) is 4.74 Å². The third-order valence-electron chi connectivity index (χ3n) is 4.27. The van der Waals surface area contributed by atoms with Crippen LogP contribution in [0, 0.1) is 0 Å². The lowest BCUT2D eigenvalue weighted by Gasteiger charge is -2.34. The van der Waals surface area contributed by atoms with Gasteiger partial charge in [0.1, 0.15) is 5.75 Å². The van der Waals surface area contributed by atoms with Crippen molar-refractivity contribution in [2.75, 3.05) is 18.4 Å². The Morgan fingerprint density at radius 2 is 1.59 bits per heavy atom. The molecule has 1 fully saturated rings. The second-order valence-corrected chi connectivity index (χ2v) is 8.54. The molecule has 1 aliphatic rings. The minimum absolute atomic E-state index is 0.106. The standard InChI is InChI=1S/C19H22N2O5S/c1-13-11-21(12-14(2)26-13)27(24,25)18-9-3-15(4-10-18)19(23)20-16-5-7-17(22)8-6-16/h3-10,13-14,22H,11-12H2,1-2H3,(H,20,23)/t13-,14-/m0/s1. The highest BCUT2D eigenvalue weighted by molar-refractivity contribution is 7.89. The zero-order valence-electron chi connectivity index (χ0n) is 15.1. The van der Waals surface area contributed by atoms with Crippen LogP contribution in [0.5, 0.6) is 5.75 Å². The number of hydrogen-bond acceptors (Lipinski definition) is 5. The molecule has 3 rings (SSSR count). The highest BCUT2D eigenvalue weighted by Crippen LogP contribution is 2.22. The summed E-state index contributed by atoms with van der Waals surface area (Å²) in [6.45, 7) is 4.29. The summed E-state index contributed by atoms with van der Waals surface area (Å²) in [4.78, 5) is 12.4. The summed E-state index contributed by atoms with van der Waals surface area (Å²) in [5.74, 6) is -0.257. The fourth-order valence-electron chi connectivity index (χ4n) is 3.00. The normalized spacial score (nSPS) is 21.0. The van der Waals surface area contributed by atoms with E-state index in [1.165, 1.54) is 40.7 Å². The molecule has 8 heteroatoms. The molecule has 0 spiro atoms. The largest absolute Gasteiger partial charge is 0.508 e. The van der Waals surface area contributed by atoms with Gasteiger partial charge in [0.2, 0.25) is 10.0 Å². The number of sulfonamides is 1. The first-order valence-corrected chi connectivity index (χ1v) is 10.1. The number of nitrogens with zero attached hydrogens (tertiary/aromatic N) is 1. The molecule has 2 N–H and O–H groups in total. The van der Waals surface area contributed by atoms with Crippen molar-refractivity contribution in [2.45, 2.75) is 31.0 Å². The third kappa shape index (κ3) is 4.47. The number of ether oxygens (including phenoxy) is 1. The average Bonchev–Trinajstić information content (AvgIpc) is 2.63. The number of morpholine rings is 1. The van der Waals surface area contributed by atoms with E-state index in [-0.39, 0.29) is 28.8 Å². The van der Waals surface area contributed by atoms with Crippen LogP contribution >= 0.6 is 0 Å². The summed E-state index contributed by atoms with van der Waals surface area (Å²) in [6.07, 6.45) is -0.335. The first-order chi connectivity index (χ1) is 12.8. The van der Waals surface area contributed by atoms with Gasteiger partial charge >= 0.3 is 0 Å². The minimum atomic E-state index is -3.64. The summed E-state index contributed by atoms with van der Waals surface area (Å²) >= 11 is 0. The van der Waals surface area contributed by atoms with E-state index in [9.17, 15) is 18.3 Å². The van der Waals surface area contributed by atoms with Crippen molar-refractivity contribution in [3.8, 4) is 5.75 Å². The smallest absolute Gasteiger partial charge is 0.255 e. The number of aromatic hydroxyl groups is 1. The monoisotopic (exact) mass is 390 g/mol. The van der Waals surface area contributed by atoms with Crippen molar-refractivity contribution in [2.24, 2.45) is 0 Å². The van der Waals surface area contributed by atoms with Gasteiger partial charge in [0.05, 0.1) is 17.1 Å². The molecule has 2 atom stereocenters. The van der Waals surface area contributed by atoms with Crippen molar-refractivity contribution < 1.29 is 23.1 Å². The van der Waals surface area contributed by atoms with Crippen molar-refractivity contribution >= 4 is 21.6 Å². The molecule has 1 heterocycles. The number of phenolic OH excluding ortho intramolecular Hbond substituents is 1. The van der Waals surface area contributed by atoms with Crippen LogP contribution in [-0.4, -0.2) is 49.0 Å². The first kappa shape index (κ1) is 19.3.